The fraction of sp³-hybridized carbons (Fsp3) is 0.433. The van der Waals surface area contributed by atoms with Gasteiger partial charge in [-0.25, -0.2) is 4.98 Å². The molecule has 0 saturated heterocycles. The lowest BCUT2D eigenvalue weighted by Crippen LogP contribution is -2.29. The number of pyridine rings is 1. The quantitative estimate of drug-likeness (QED) is 0.300. The van der Waals surface area contributed by atoms with Crippen LogP contribution in [0.4, 0.5) is 5.69 Å². The molecule has 2 N–H and O–H groups in total. The van der Waals surface area contributed by atoms with Gasteiger partial charge in [-0.2, -0.15) is 0 Å². The fourth-order valence-electron chi connectivity index (χ4n) is 5.13. The predicted octanol–water partition coefficient (Wildman–Crippen LogP) is 5.78. The van der Waals surface area contributed by atoms with Gasteiger partial charge in [0.05, 0.1) is 19.6 Å². The number of carbonyl (C=O) groups excluding carboxylic acids is 1. The molecular formula is C30H37N3O6. The summed E-state index contributed by atoms with van der Waals surface area (Å²) in [6.07, 6.45) is 7.49. The van der Waals surface area contributed by atoms with Crippen molar-refractivity contribution in [2.24, 2.45) is 5.92 Å². The smallest absolute Gasteiger partial charge is 0.305 e. The Kier molecular flexibility index (Phi) is 9.59. The Morgan fingerprint density at radius 3 is 2.49 bits per heavy atom. The van der Waals surface area contributed by atoms with E-state index in [0.29, 0.717) is 24.0 Å². The molecule has 39 heavy (non-hydrogen) atoms. The number of carboxylic acids is 1. The van der Waals surface area contributed by atoms with Gasteiger partial charge in [0, 0.05) is 55.3 Å². The van der Waals surface area contributed by atoms with E-state index >= 15 is 0 Å². The van der Waals surface area contributed by atoms with Crippen molar-refractivity contribution in [1.82, 2.24) is 9.88 Å². The Bertz CT molecular complexity index is 1230. The molecule has 1 saturated carbocycles. The average Bonchev–Trinajstić information content (AvgIpc) is 3.38. The van der Waals surface area contributed by atoms with Crippen LogP contribution in [0.1, 0.15) is 66.2 Å². The number of furan rings is 1. The monoisotopic (exact) mass is 535 g/mol. The van der Waals surface area contributed by atoms with Gasteiger partial charge in [-0.3, -0.25) is 9.59 Å². The Morgan fingerprint density at radius 2 is 1.87 bits per heavy atom. The summed E-state index contributed by atoms with van der Waals surface area (Å²) in [6, 6.07) is 13.2. The van der Waals surface area contributed by atoms with Crippen LogP contribution in [0.25, 0.3) is 11.3 Å². The summed E-state index contributed by atoms with van der Waals surface area (Å²) >= 11 is 0. The van der Waals surface area contributed by atoms with Crippen molar-refractivity contribution >= 4 is 17.6 Å². The van der Waals surface area contributed by atoms with Crippen LogP contribution < -0.4 is 10.1 Å². The first-order chi connectivity index (χ1) is 18.9. The first-order valence-electron chi connectivity index (χ1n) is 13.4. The van der Waals surface area contributed by atoms with Crippen LogP contribution >= 0.6 is 0 Å². The van der Waals surface area contributed by atoms with Gasteiger partial charge in [0.1, 0.15) is 18.1 Å². The third-order valence-corrected chi connectivity index (χ3v) is 7.27. The third kappa shape index (κ3) is 7.17. The second kappa shape index (κ2) is 13.3. The highest BCUT2D eigenvalue weighted by atomic mass is 16.5. The van der Waals surface area contributed by atoms with E-state index in [-0.39, 0.29) is 24.9 Å². The summed E-state index contributed by atoms with van der Waals surface area (Å²) in [4.78, 5) is 29.3. The lowest BCUT2D eigenvalue weighted by atomic mass is 9.81. The Balaban J connectivity index is 1.60. The van der Waals surface area contributed by atoms with Gasteiger partial charge in [-0.15, -0.1) is 0 Å². The highest BCUT2D eigenvalue weighted by molar-refractivity contribution is 5.94. The molecule has 1 aliphatic rings. The zero-order chi connectivity index (χ0) is 27.8. The van der Waals surface area contributed by atoms with E-state index in [1.807, 2.05) is 24.3 Å². The Hall–Kier alpha value is -3.85. The van der Waals surface area contributed by atoms with E-state index in [1.165, 1.54) is 24.2 Å². The molecule has 1 fully saturated rings. The molecule has 1 amide bonds. The van der Waals surface area contributed by atoms with Gasteiger partial charge in [0.15, 0.2) is 0 Å². The minimum Gasteiger partial charge on any atom is -0.481 e. The topological polar surface area (TPSA) is 114 Å². The molecule has 2 aromatic heterocycles. The number of nitrogens with one attached hydrogen (secondary N) is 1. The molecule has 1 aliphatic carbocycles. The summed E-state index contributed by atoms with van der Waals surface area (Å²) in [5, 5.41) is 12.6. The SMILES string of the molecule is COCc1oc(-c2ccc(OC)nc2)cc1C(Nc1ccc(C(=O)N(C)CCC(=O)O)cc1)C1CCCCC1. The maximum absolute atomic E-state index is 12.7. The molecule has 0 spiro atoms. The molecule has 2 heterocycles. The standard InChI is InChI=1S/C30H37N3O6/c1-33(16-15-28(34)35)30(36)21-9-12-23(13-10-21)32-29(20-7-5-4-6-8-20)24-17-25(39-26(24)19-37-2)22-11-14-27(38-3)31-18-22/h9-14,17-18,20,29,32H,4-8,15-16,19H2,1-3H3,(H,34,35). The van der Waals surface area contributed by atoms with Crippen molar-refractivity contribution in [2.75, 3.05) is 33.1 Å². The van der Waals surface area contributed by atoms with E-state index in [2.05, 4.69) is 16.4 Å². The van der Waals surface area contributed by atoms with Crippen LogP contribution in [0, 0.1) is 5.92 Å². The Morgan fingerprint density at radius 1 is 1.13 bits per heavy atom. The van der Waals surface area contributed by atoms with Crippen LogP contribution in [0.15, 0.2) is 53.1 Å². The van der Waals surface area contributed by atoms with E-state index in [1.54, 1.807) is 39.6 Å². The van der Waals surface area contributed by atoms with Crippen LogP contribution in [-0.4, -0.2) is 54.7 Å². The summed E-state index contributed by atoms with van der Waals surface area (Å²) < 4.78 is 17.0. The zero-order valence-corrected chi connectivity index (χ0v) is 22.8. The van der Waals surface area contributed by atoms with Crippen molar-refractivity contribution in [1.29, 1.82) is 0 Å². The number of hydrogen-bond acceptors (Lipinski definition) is 7. The van der Waals surface area contributed by atoms with Crippen molar-refractivity contribution < 1.29 is 28.6 Å². The number of aliphatic carboxylic acids is 1. The number of methoxy groups -OCH3 is 2. The minimum atomic E-state index is -0.929. The number of carbonyl (C=O) groups is 2. The highest BCUT2D eigenvalue weighted by Gasteiger charge is 2.30. The van der Waals surface area contributed by atoms with Crippen molar-refractivity contribution in [3.05, 3.63) is 65.5 Å². The fourth-order valence-corrected chi connectivity index (χ4v) is 5.13. The molecule has 1 aromatic carbocycles. The second-order valence-corrected chi connectivity index (χ2v) is 9.98. The summed E-state index contributed by atoms with van der Waals surface area (Å²) in [5.74, 6) is 1.32. The Labute approximate surface area is 229 Å². The number of ether oxygens (including phenoxy) is 2. The lowest BCUT2D eigenvalue weighted by Gasteiger charge is -2.32. The molecule has 0 aliphatic heterocycles. The van der Waals surface area contributed by atoms with Crippen molar-refractivity contribution in [3.63, 3.8) is 0 Å². The number of anilines is 1. The summed E-state index contributed by atoms with van der Waals surface area (Å²) in [6.45, 7) is 0.507. The molecule has 208 valence electrons. The molecule has 1 unspecified atom stereocenters. The predicted molar refractivity (Wildman–Crippen MR) is 148 cm³/mol. The van der Waals surface area contributed by atoms with Gasteiger partial charge in [0.25, 0.3) is 5.91 Å². The molecule has 9 heteroatoms. The first-order valence-corrected chi connectivity index (χ1v) is 13.4. The van der Waals surface area contributed by atoms with Gasteiger partial charge in [-0.1, -0.05) is 19.3 Å². The lowest BCUT2D eigenvalue weighted by molar-refractivity contribution is -0.137. The average molecular weight is 536 g/mol. The number of nitrogens with zero attached hydrogens (tertiary/aromatic N) is 2. The number of hydrogen-bond donors (Lipinski definition) is 2. The van der Waals surface area contributed by atoms with Gasteiger partial charge >= 0.3 is 5.97 Å². The minimum absolute atomic E-state index is 0.000973. The van der Waals surface area contributed by atoms with Crippen LogP contribution in [-0.2, 0) is 16.1 Å². The van der Waals surface area contributed by atoms with E-state index in [9.17, 15) is 9.59 Å². The van der Waals surface area contributed by atoms with Gasteiger partial charge in [0.2, 0.25) is 5.88 Å². The van der Waals surface area contributed by atoms with E-state index < -0.39 is 5.97 Å². The summed E-state index contributed by atoms with van der Waals surface area (Å²) in [7, 11) is 4.86. The molecule has 4 rings (SSSR count). The van der Waals surface area contributed by atoms with Gasteiger partial charge in [-0.05, 0) is 55.2 Å². The van der Waals surface area contributed by atoms with Gasteiger partial charge < -0.3 is 29.2 Å². The number of rotatable bonds is 12. The normalized spacial score (nSPS) is 14.5. The number of benzene rings is 1. The zero-order valence-electron chi connectivity index (χ0n) is 22.8. The second-order valence-electron chi connectivity index (χ2n) is 9.98. The van der Waals surface area contributed by atoms with Crippen LogP contribution in [0.5, 0.6) is 5.88 Å². The molecule has 1 atom stereocenters. The molecular weight excluding hydrogens is 498 g/mol. The van der Waals surface area contributed by atoms with Crippen molar-refractivity contribution in [2.45, 2.75) is 51.2 Å². The number of carboxylic acid groups (broad SMARTS) is 1. The highest BCUT2D eigenvalue weighted by Crippen LogP contribution is 2.41. The van der Waals surface area contributed by atoms with E-state index in [4.69, 9.17) is 19.0 Å². The van der Waals surface area contributed by atoms with Crippen LogP contribution in [0.3, 0.4) is 0 Å². The molecule has 0 radical (unpaired) electrons. The number of amides is 1. The largest absolute Gasteiger partial charge is 0.481 e. The summed E-state index contributed by atoms with van der Waals surface area (Å²) in [5.41, 5.74) is 3.33. The molecule has 9 nitrogen and oxygen atoms in total. The first kappa shape index (κ1) is 28.2. The van der Waals surface area contributed by atoms with Crippen LogP contribution in [0.2, 0.25) is 0 Å². The molecule has 0 bridgehead atoms. The maximum atomic E-state index is 12.7. The molecule has 3 aromatic rings. The van der Waals surface area contributed by atoms with Crippen molar-refractivity contribution in [3.8, 4) is 17.2 Å². The van der Waals surface area contributed by atoms with E-state index in [0.717, 1.165) is 41.2 Å². The third-order valence-electron chi connectivity index (χ3n) is 7.27. The maximum Gasteiger partial charge on any atom is 0.305 e. The number of aromatic nitrogens is 1.